The second-order valence-electron chi connectivity index (χ2n) is 7.86. The Balaban J connectivity index is 1.53. The first-order valence-corrected chi connectivity index (χ1v) is 13.4. The zero-order valence-corrected chi connectivity index (χ0v) is 18.9. The minimum Gasteiger partial charge on any atom is -0.306 e. The van der Waals surface area contributed by atoms with Gasteiger partial charge in [-0.2, -0.15) is 0 Å². The van der Waals surface area contributed by atoms with Gasteiger partial charge < -0.3 is 4.90 Å². The molecule has 2 N–H and O–H groups in total. The van der Waals surface area contributed by atoms with E-state index < -0.39 is 25.9 Å². The molecule has 2 aromatic carbocycles. The maximum atomic E-state index is 13.0. The van der Waals surface area contributed by atoms with Crippen LogP contribution in [0.1, 0.15) is 5.56 Å². The Hall–Kier alpha value is -1.98. The highest BCUT2D eigenvalue weighted by molar-refractivity contribution is 7.91. The van der Waals surface area contributed by atoms with Crippen LogP contribution in [0.2, 0.25) is 5.02 Å². The van der Waals surface area contributed by atoms with Gasteiger partial charge in [0.25, 0.3) is 0 Å². The first-order valence-electron chi connectivity index (χ1n) is 9.67. The molecule has 31 heavy (non-hydrogen) atoms. The maximum Gasteiger partial charge on any atom is 0.241 e. The van der Waals surface area contributed by atoms with Crippen molar-refractivity contribution in [1.82, 2.24) is 4.90 Å². The molecule has 0 bridgehead atoms. The Bertz CT molecular complexity index is 1200. The van der Waals surface area contributed by atoms with E-state index in [2.05, 4.69) is 0 Å². The lowest BCUT2D eigenvalue weighted by molar-refractivity contribution is -0.123. The molecule has 0 spiro atoms. The van der Waals surface area contributed by atoms with Crippen molar-refractivity contribution in [3.63, 3.8) is 0 Å². The molecule has 2 atom stereocenters. The number of sulfonamides is 1. The van der Waals surface area contributed by atoms with Crippen molar-refractivity contribution in [3.8, 4) is 0 Å². The van der Waals surface area contributed by atoms with Crippen LogP contribution in [-0.4, -0.2) is 64.3 Å². The summed E-state index contributed by atoms with van der Waals surface area (Å²) in [7, 11) is -7.04. The maximum absolute atomic E-state index is 13.0. The second kappa shape index (κ2) is 8.18. The van der Waals surface area contributed by atoms with Crippen LogP contribution in [0.5, 0.6) is 0 Å². The molecule has 0 radical (unpaired) electrons. The van der Waals surface area contributed by atoms with E-state index in [0.29, 0.717) is 23.7 Å². The Kier molecular flexibility index (Phi) is 5.86. The van der Waals surface area contributed by atoms with E-state index in [1.165, 1.54) is 12.1 Å². The quantitative estimate of drug-likeness (QED) is 0.679. The Labute approximate surface area is 186 Å². The highest BCUT2D eigenvalue weighted by Gasteiger charge is 2.49. The van der Waals surface area contributed by atoms with Crippen LogP contribution < -0.4 is 10.0 Å². The summed E-state index contributed by atoms with van der Waals surface area (Å²) in [5.41, 5.74) is 1.51. The van der Waals surface area contributed by atoms with Crippen molar-refractivity contribution in [2.24, 2.45) is 5.14 Å². The van der Waals surface area contributed by atoms with Crippen molar-refractivity contribution in [1.29, 1.82) is 0 Å². The number of fused-ring (bicyclic) bond motifs is 1. The van der Waals surface area contributed by atoms with Crippen molar-refractivity contribution < 1.29 is 21.6 Å². The molecule has 2 fully saturated rings. The number of sulfone groups is 1. The number of nitrogens with zero attached hydrogens (tertiary/aromatic N) is 2. The fourth-order valence-electron chi connectivity index (χ4n) is 4.26. The van der Waals surface area contributed by atoms with Gasteiger partial charge in [0.05, 0.1) is 29.0 Å². The zero-order chi connectivity index (χ0) is 22.4. The molecule has 0 unspecified atom stereocenters. The third kappa shape index (κ3) is 4.78. The minimum absolute atomic E-state index is 0.000604. The van der Waals surface area contributed by atoms with Crippen molar-refractivity contribution in [2.75, 3.05) is 29.5 Å². The van der Waals surface area contributed by atoms with Crippen molar-refractivity contribution in [2.45, 2.75) is 23.4 Å². The van der Waals surface area contributed by atoms with Gasteiger partial charge in [-0.25, -0.2) is 22.0 Å². The number of benzene rings is 2. The standard InChI is InChI=1S/C20H22ClN3O5S2/c21-15-3-5-16(6-4-15)24-19-13-30(26,27)12-18(19)23(11-20(24)25)10-9-14-1-7-17(8-2-14)31(22,28)29/h1-8,18-19H,9-13H2,(H2,22,28,29)/t18-,19+/m0/s1. The molecule has 166 valence electrons. The lowest BCUT2D eigenvalue weighted by atomic mass is 10.0. The van der Waals surface area contributed by atoms with E-state index in [1.54, 1.807) is 41.3 Å². The van der Waals surface area contributed by atoms with Crippen LogP contribution in [0, 0.1) is 0 Å². The highest BCUT2D eigenvalue weighted by Crippen LogP contribution is 2.32. The molecule has 0 aromatic heterocycles. The molecule has 8 nitrogen and oxygen atoms in total. The molecular weight excluding hydrogens is 462 g/mol. The minimum atomic E-state index is -3.76. The van der Waals surface area contributed by atoms with Gasteiger partial charge in [-0.1, -0.05) is 23.7 Å². The lowest BCUT2D eigenvalue weighted by Gasteiger charge is -2.43. The van der Waals surface area contributed by atoms with E-state index in [-0.39, 0.29) is 34.9 Å². The molecule has 2 saturated heterocycles. The molecule has 4 rings (SSSR count). The number of primary sulfonamides is 1. The molecule has 2 aliphatic rings. The van der Waals surface area contributed by atoms with Crippen LogP contribution in [0.3, 0.4) is 0 Å². The van der Waals surface area contributed by atoms with Gasteiger partial charge in [0.15, 0.2) is 9.84 Å². The summed E-state index contributed by atoms with van der Waals surface area (Å²) in [5.74, 6) is -0.240. The van der Waals surface area contributed by atoms with Crippen LogP contribution in [0.4, 0.5) is 5.69 Å². The number of anilines is 1. The Morgan fingerprint density at radius 1 is 1.00 bits per heavy atom. The van der Waals surface area contributed by atoms with Crippen LogP contribution in [0.15, 0.2) is 53.4 Å². The van der Waals surface area contributed by atoms with Gasteiger partial charge in [0.1, 0.15) is 0 Å². The predicted molar refractivity (Wildman–Crippen MR) is 118 cm³/mol. The average Bonchev–Trinajstić information content (AvgIpc) is 3.02. The number of carbonyl (C=O) groups excluding carboxylic acids is 1. The first kappa shape index (κ1) is 22.2. The zero-order valence-electron chi connectivity index (χ0n) is 16.5. The van der Waals surface area contributed by atoms with Gasteiger partial charge >= 0.3 is 0 Å². The monoisotopic (exact) mass is 483 g/mol. The fourth-order valence-corrected chi connectivity index (χ4v) is 6.88. The van der Waals surface area contributed by atoms with Gasteiger partial charge in [-0.05, 0) is 48.4 Å². The summed E-state index contributed by atoms with van der Waals surface area (Å²) in [4.78, 5) is 16.5. The summed E-state index contributed by atoms with van der Waals surface area (Å²) in [6, 6.07) is 12.3. The van der Waals surface area contributed by atoms with Crippen LogP contribution >= 0.6 is 11.6 Å². The number of amides is 1. The Morgan fingerprint density at radius 3 is 2.23 bits per heavy atom. The van der Waals surface area contributed by atoms with Crippen LogP contribution in [-0.2, 0) is 31.1 Å². The van der Waals surface area contributed by atoms with E-state index >= 15 is 0 Å². The van der Waals surface area contributed by atoms with Gasteiger partial charge in [0.2, 0.25) is 15.9 Å². The molecular formula is C20H22ClN3O5S2. The molecule has 0 aliphatic carbocycles. The lowest BCUT2D eigenvalue weighted by Crippen LogP contribution is -2.62. The first-order chi connectivity index (χ1) is 14.5. The number of carbonyl (C=O) groups is 1. The SMILES string of the molecule is NS(=O)(=O)c1ccc(CCN2CC(=O)N(c3ccc(Cl)cc3)[C@@H]3CS(=O)(=O)C[C@@H]32)cc1. The Morgan fingerprint density at radius 2 is 1.61 bits per heavy atom. The van der Waals surface area contributed by atoms with Crippen LogP contribution in [0.25, 0.3) is 0 Å². The summed E-state index contributed by atoms with van der Waals surface area (Å²) in [6.45, 7) is 0.584. The van der Waals surface area contributed by atoms with E-state index in [1.807, 2.05) is 4.90 Å². The number of piperazine rings is 1. The number of hydrogen-bond acceptors (Lipinski definition) is 6. The van der Waals surface area contributed by atoms with E-state index in [9.17, 15) is 21.6 Å². The highest BCUT2D eigenvalue weighted by atomic mass is 35.5. The van der Waals surface area contributed by atoms with Gasteiger partial charge in [-0.3, -0.25) is 9.69 Å². The number of nitrogens with two attached hydrogens (primary N) is 1. The number of hydrogen-bond donors (Lipinski definition) is 1. The fraction of sp³-hybridized carbons (Fsp3) is 0.350. The molecule has 2 aliphatic heterocycles. The molecule has 2 aromatic rings. The largest absolute Gasteiger partial charge is 0.306 e. The van der Waals surface area contributed by atoms with Gasteiger partial charge in [0, 0.05) is 23.3 Å². The van der Waals surface area contributed by atoms with Gasteiger partial charge in [-0.15, -0.1) is 0 Å². The summed E-state index contributed by atoms with van der Waals surface area (Å²) >= 11 is 5.95. The average molecular weight is 484 g/mol. The third-order valence-electron chi connectivity index (χ3n) is 5.75. The summed E-state index contributed by atoms with van der Waals surface area (Å²) < 4.78 is 47.7. The summed E-state index contributed by atoms with van der Waals surface area (Å²) in [5, 5.41) is 5.66. The van der Waals surface area contributed by atoms with E-state index in [4.69, 9.17) is 16.7 Å². The molecule has 1 amide bonds. The molecule has 0 saturated carbocycles. The number of rotatable bonds is 5. The molecule has 11 heteroatoms. The summed E-state index contributed by atoms with van der Waals surface area (Å²) in [6.07, 6.45) is 0.544. The number of halogens is 1. The smallest absolute Gasteiger partial charge is 0.241 e. The molecule has 2 heterocycles. The van der Waals surface area contributed by atoms with Crippen molar-refractivity contribution >= 4 is 43.1 Å². The predicted octanol–water partition coefficient (Wildman–Crippen LogP) is 1.04. The second-order valence-corrected chi connectivity index (χ2v) is 12.0. The van der Waals surface area contributed by atoms with Crippen molar-refractivity contribution in [3.05, 3.63) is 59.1 Å². The third-order valence-corrected chi connectivity index (χ3v) is 8.63. The van der Waals surface area contributed by atoms with E-state index in [0.717, 1.165) is 5.56 Å². The topological polar surface area (TPSA) is 118 Å². The normalized spacial score (nSPS) is 23.7.